The monoisotopic (exact) mass is 297 g/mol. The predicted molar refractivity (Wildman–Crippen MR) is 85.7 cm³/mol. The van der Waals surface area contributed by atoms with E-state index in [2.05, 4.69) is 21.9 Å². The Morgan fingerprint density at radius 1 is 1.29 bits per heavy atom. The molecule has 0 unspecified atom stereocenters. The van der Waals surface area contributed by atoms with E-state index in [4.69, 9.17) is 0 Å². The minimum Gasteiger partial charge on any atom is -0.306 e. The number of likely N-dealkylation sites (N-methyl/N-ethyl adjacent to an activating group) is 1. The first-order valence-corrected chi connectivity index (χ1v) is 7.82. The van der Waals surface area contributed by atoms with Crippen LogP contribution in [0.4, 0.5) is 0 Å². The second-order valence-corrected chi connectivity index (χ2v) is 6.54. The molecule has 1 aliphatic rings. The lowest BCUT2D eigenvalue weighted by molar-refractivity contribution is 0.318. The molecule has 0 bridgehead atoms. The normalized spacial score (nSPS) is 15.3. The average molecular weight is 297 g/mol. The largest absolute Gasteiger partial charge is 0.306 e. The molecule has 2 aromatic heterocycles. The zero-order chi connectivity index (χ0) is 14.4. The van der Waals surface area contributed by atoms with Crippen molar-refractivity contribution in [3.8, 4) is 11.4 Å². The van der Waals surface area contributed by atoms with Crippen LogP contribution in [0.25, 0.3) is 21.6 Å². The Kier molecular flexibility index (Phi) is 2.90. The van der Waals surface area contributed by atoms with Gasteiger partial charge >= 0.3 is 0 Å². The minimum absolute atomic E-state index is 0.0130. The molecule has 0 aliphatic carbocycles. The van der Waals surface area contributed by atoms with E-state index >= 15 is 0 Å². The highest BCUT2D eigenvalue weighted by Gasteiger charge is 2.22. The molecule has 4 rings (SSSR count). The van der Waals surface area contributed by atoms with E-state index in [1.54, 1.807) is 11.3 Å². The number of aromatic nitrogens is 2. The Labute approximate surface area is 126 Å². The van der Waals surface area contributed by atoms with Gasteiger partial charge in [0, 0.05) is 23.5 Å². The summed E-state index contributed by atoms with van der Waals surface area (Å²) in [6.45, 7) is 1.91. The van der Waals surface area contributed by atoms with Gasteiger partial charge in [0.1, 0.15) is 10.7 Å². The molecule has 1 N–H and O–H groups in total. The smallest absolute Gasteiger partial charge is 0.260 e. The summed E-state index contributed by atoms with van der Waals surface area (Å²) in [5, 5.41) is 0.794. The van der Waals surface area contributed by atoms with Crippen LogP contribution in [0.15, 0.2) is 35.1 Å². The summed E-state index contributed by atoms with van der Waals surface area (Å²) in [6.07, 6.45) is 0.932. The molecular weight excluding hydrogens is 282 g/mol. The Morgan fingerprint density at radius 3 is 2.90 bits per heavy atom. The zero-order valence-corrected chi connectivity index (χ0v) is 12.5. The van der Waals surface area contributed by atoms with Crippen molar-refractivity contribution >= 4 is 21.6 Å². The van der Waals surface area contributed by atoms with E-state index in [0.29, 0.717) is 5.82 Å². The van der Waals surface area contributed by atoms with Gasteiger partial charge in [-0.2, -0.15) is 0 Å². The van der Waals surface area contributed by atoms with Crippen LogP contribution in [0.2, 0.25) is 0 Å². The van der Waals surface area contributed by atoms with Gasteiger partial charge in [-0.25, -0.2) is 4.98 Å². The number of fused-ring (bicyclic) bond motifs is 3. The van der Waals surface area contributed by atoms with Crippen molar-refractivity contribution in [1.82, 2.24) is 14.9 Å². The number of rotatable bonds is 1. The van der Waals surface area contributed by atoms with E-state index in [1.165, 1.54) is 10.4 Å². The van der Waals surface area contributed by atoms with E-state index < -0.39 is 0 Å². The van der Waals surface area contributed by atoms with Gasteiger partial charge in [-0.1, -0.05) is 30.3 Å². The van der Waals surface area contributed by atoms with Crippen LogP contribution in [-0.2, 0) is 13.0 Å². The minimum atomic E-state index is -0.0130. The standard InChI is InChI=1S/C16H15N3OS/c1-19-8-7-11-12(9-19)21-16-13(11)15(20)17-14(18-16)10-5-3-2-4-6-10/h2-6H,7-9H2,1H3,(H,17,18,20). The van der Waals surface area contributed by atoms with E-state index in [1.807, 2.05) is 30.3 Å². The predicted octanol–water partition coefficient (Wildman–Crippen LogP) is 2.64. The van der Waals surface area contributed by atoms with Gasteiger partial charge in [-0.3, -0.25) is 4.79 Å². The maximum atomic E-state index is 12.5. The molecule has 0 fully saturated rings. The quantitative estimate of drug-likeness (QED) is 0.751. The van der Waals surface area contributed by atoms with Crippen LogP contribution >= 0.6 is 11.3 Å². The molecule has 1 aromatic carbocycles. The van der Waals surface area contributed by atoms with Gasteiger partial charge in [0.05, 0.1) is 5.39 Å². The van der Waals surface area contributed by atoms with E-state index in [9.17, 15) is 4.79 Å². The van der Waals surface area contributed by atoms with E-state index in [-0.39, 0.29) is 5.56 Å². The third-order valence-electron chi connectivity index (χ3n) is 3.95. The highest BCUT2D eigenvalue weighted by Crippen LogP contribution is 2.32. The first-order chi connectivity index (χ1) is 10.2. The number of aromatic amines is 1. The molecule has 3 aromatic rings. The number of benzene rings is 1. The topological polar surface area (TPSA) is 49.0 Å². The van der Waals surface area contributed by atoms with Gasteiger partial charge in [-0.05, 0) is 19.0 Å². The van der Waals surface area contributed by atoms with Crippen molar-refractivity contribution in [2.75, 3.05) is 13.6 Å². The summed E-state index contributed by atoms with van der Waals surface area (Å²) in [5.74, 6) is 0.653. The number of nitrogens with zero attached hydrogens (tertiary/aromatic N) is 2. The lowest BCUT2D eigenvalue weighted by Crippen LogP contribution is -2.25. The highest BCUT2D eigenvalue weighted by molar-refractivity contribution is 7.18. The fourth-order valence-electron chi connectivity index (χ4n) is 2.86. The second-order valence-electron chi connectivity index (χ2n) is 5.45. The Morgan fingerprint density at radius 2 is 2.10 bits per heavy atom. The summed E-state index contributed by atoms with van der Waals surface area (Å²) in [7, 11) is 2.11. The lowest BCUT2D eigenvalue weighted by atomic mass is 10.1. The molecule has 5 heteroatoms. The molecule has 21 heavy (non-hydrogen) atoms. The molecule has 0 spiro atoms. The maximum Gasteiger partial charge on any atom is 0.260 e. The number of H-pyrrole nitrogens is 1. The fraction of sp³-hybridized carbons (Fsp3) is 0.250. The first kappa shape index (κ1) is 12.7. The molecule has 0 saturated carbocycles. The number of nitrogens with one attached hydrogen (secondary N) is 1. The highest BCUT2D eigenvalue weighted by atomic mass is 32.1. The summed E-state index contributed by atoms with van der Waals surface area (Å²) in [5.41, 5.74) is 2.13. The molecule has 3 heterocycles. The van der Waals surface area contributed by atoms with Crippen LogP contribution < -0.4 is 5.56 Å². The van der Waals surface area contributed by atoms with Gasteiger partial charge in [0.15, 0.2) is 0 Å². The van der Waals surface area contributed by atoms with Crippen molar-refractivity contribution in [2.45, 2.75) is 13.0 Å². The van der Waals surface area contributed by atoms with Gasteiger partial charge in [-0.15, -0.1) is 11.3 Å². The summed E-state index contributed by atoms with van der Waals surface area (Å²) in [6, 6.07) is 9.79. The third kappa shape index (κ3) is 2.09. The summed E-state index contributed by atoms with van der Waals surface area (Å²) < 4.78 is 0. The molecule has 4 nitrogen and oxygen atoms in total. The molecule has 0 radical (unpaired) electrons. The van der Waals surface area contributed by atoms with Crippen molar-refractivity contribution in [3.05, 3.63) is 51.1 Å². The average Bonchev–Trinajstić information content (AvgIpc) is 2.85. The van der Waals surface area contributed by atoms with Gasteiger partial charge in [0.2, 0.25) is 0 Å². The maximum absolute atomic E-state index is 12.5. The van der Waals surface area contributed by atoms with Crippen LogP contribution in [0.5, 0.6) is 0 Å². The molecular formula is C16H15N3OS. The van der Waals surface area contributed by atoms with Crippen LogP contribution in [0.3, 0.4) is 0 Å². The lowest BCUT2D eigenvalue weighted by Gasteiger charge is -2.21. The molecule has 1 aliphatic heterocycles. The Bertz CT molecular complexity index is 866. The molecule has 0 atom stereocenters. The van der Waals surface area contributed by atoms with Crippen LogP contribution in [0.1, 0.15) is 10.4 Å². The number of hydrogen-bond donors (Lipinski definition) is 1. The fourth-order valence-corrected chi connectivity index (χ4v) is 4.16. The van der Waals surface area contributed by atoms with E-state index in [0.717, 1.165) is 35.3 Å². The van der Waals surface area contributed by atoms with Crippen LogP contribution in [0, 0.1) is 0 Å². The van der Waals surface area contributed by atoms with Crippen molar-refractivity contribution in [1.29, 1.82) is 0 Å². The van der Waals surface area contributed by atoms with Crippen molar-refractivity contribution in [3.63, 3.8) is 0 Å². The Hall–Kier alpha value is -1.98. The molecule has 106 valence electrons. The van der Waals surface area contributed by atoms with Gasteiger partial charge in [0.25, 0.3) is 5.56 Å². The van der Waals surface area contributed by atoms with Gasteiger partial charge < -0.3 is 9.88 Å². The SMILES string of the molecule is CN1CCc2c(sc3nc(-c4ccccc4)[nH]c(=O)c23)C1. The van der Waals surface area contributed by atoms with Crippen molar-refractivity contribution in [2.24, 2.45) is 0 Å². The molecule has 0 amide bonds. The zero-order valence-electron chi connectivity index (χ0n) is 11.7. The third-order valence-corrected chi connectivity index (χ3v) is 5.06. The number of hydrogen-bond acceptors (Lipinski definition) is 4. The summed E-state index contributed by atoms with van der Waals surface area (Å²) >= 11 is 1.65. The molecule has 0 saturated heterocycles. The number of thiophene rings is 1. The van der Waals surface area contributed by atoms with Crippen molar-refractivity contribution < 1.29 is 0 Å². The Balaban J connectivity index is 1.94. The summed E-state index contributed by atoms with van der Waals surface area (Å²) in [4.78, 5) is 24.5. The van der Waals surface area contributed by atoms with Crippen LogP contribution in [-0.4, -0.2) is 28.5 Å². The first-order valence-electron chi connectivity index (χ1n) is 7.01. The second kappa shape index (κ2) is 4.79.